The molecule has 7 nitrogen and oxygen atoms in total. The van der Waals surface area contributed by atoms with Crippen LogP contribution < -0.4 is 19.8 Å². The molecule has 0 spiro atoms. The van der Waals surface area contributed by atoms with Gasteiger partial charge in [0, 0.05) is 13.0 Å². The highest BCUT2D eigenvalue weighted by Crippen LogP contribution is 2.41. The van der Waals surface area contributed by atoms with Gasteiger partial charge in [0.1, 0.15) is 5.58 Å². The summed E-state index contributed by atoms with van der Waals surface area (Å²) in [7, 11) is 1.60. The molecular weight excluding hydrogens is 444 g/mol. The van der Waals surface area contributed by atoms with Crippen LogP contribution in [0, 0.1) is 0 Å². The summed E-state index contributed by atoms with van der Waals surface area (Å²) in [6.07, 6.45) is 1.71. The monoisotopic (exact) mass is 479 g/mol. The largest absolute Gasteiger partial charge is 0.493 e. The summed E-state index contributed by atoms with van der Waals surface area (Å²) in [4.78, 5) is 30.5. The van der Waals surface area contributed by atoms with E-state index in [4.69, 9.17) is 13.9 Å². The Morgan fingerprint density at radius 3 is 2.51 bits per heavy atom. The third-order valence-corrected chi connectivity index (χ3v) is 6.77. The number of fused-ring (bicyclic) bond motifs is 2. The molecule has 0 radical (unpaired) electrons. The van der Waals surface area contributed by atoms with Crippen molar-refractivity contribution in [3.8, 4) is 11.5 Å². The molecule has 0 fully saturated rings. The number of benzene rings is 2. The Morgan fingerprint density at radius 1 is 1.03 bits per heavy atom. The lowest BCUT2D eigenvalue weighted by atomic mass is 9.98. The summed E-state index contributed by atoms with van der Waals surface area (Å²) in [6, 6.07) is 12.2. The quantitative estimate of drug-likeness (QED) is 0.456. The summed E-state index contributed by atoms with van der Waals surface area (Å²) in [6.45, 7) is 10.5. The lowest BCUT2D eigenvalue weighted by Crippen LogP contribution is -3.11. The predicted octanol–water partition coefficient (Wildman–Crippen LogP) is 3.45. The number of nitrogens with one attached hydrogen (secondary N) is 1. The van der Waals surface area contributed by atoms with Crippen molar-refractivity contribution in [3.63, 3.8) is 0 Å². The number of quaternary nitrogens is 1. The van der Waals surface area contributed by atoms with E-state index in [2.05, 4.69) is 13.8 Å². The molecule has 1 amide bonds. The van der Waals surface area contributed by atoms with Gasteiger partial charge in [-0.25, -0.2) is 0 Å². The first-order chi connectivity index (χ1) is 17.0. The summed E-state index contributed by atoms with van der Waals surface area (Å²) >= 11 is 0. The van der Waals surface area contributed by atoms with Gasteiger partial charge in [0.2, 0.25) is 5.76 Å². The maximum Gasteiger partial charge on any atom is 0.290 e. The zero-order valence-electron chi connectivity index (χ0n) is 21.1. The normalized spacial score (nSPS) is 15.2. The fraction of sp³-hybridized carbons (Fsp3) is 0.429. The van der Waals surface area contributed by atoms with E-state index < -0.39 is 6.04 Å². The van der Waals surface area contributed by atoms with Crippen molar-refractivity contribution in [2.75, 3.05) is 39.9 Å². The Kier molecular flexibility index (Phi) is 7.76. The van der Waals surface area contributed by atoms with Crippen LogP contribution >= 0.6 is 0 Å². The Labute approximate surface area is 206 Å². The van der Waals surface area contributed by atoms with Crippen molar-refractivity contribution in [1.82, 2.24) is 4.90 Å². The lowest BCUT2D eigenvalue weighted by Gasteiger charge is -2.26. The Bertz CT molecular complexity index is 1250. The van der Waals surface area contributed by atoms with Gasteiger partial charge in [-0.2, -0.15) is 0 Å². The van der Waals surface area contributed by atoms with Crippen LogP contribution in [0.3, 0.4) is 0 Å². The van der Waals surface area contributed by atoms with Crippen molar-refractivity contribution >= 4 is 16.9 Å². The van der Waals surface area contributed by atoms with E-state index in [-0.39, 0.29) is 17.1 Å². The van der Waals surface area contributed by atoms with Gasteiger partial charge in [0.25, 0.3) is 5.91 Å². The van der Waals surface area contributed by atoms with E-state index in [0.29, 0.717) is 41.2 Å². The molecule has 0 unspecified atom stereocenters. The highest BCUT2D eigenvalue weighted by molar-refractivity contribution is 5.99. The summed E-state index contributed by atoms with van der Waals surface area (Å²) in [5, 5.41) is 0.480. The second kappa shape index (κ2) is 11.0. The van der Waals surface area contributed by atoms with Crippen molar-refractivity contribution in [2.24, 2.45) is 0 Å². The number of hydrogen-bond donors (Lipinski definition) is 1. The average Bonchev–Trinajstić information content (AvgIpc) is 3.17. The highest BCUT2D eigenvalue weighted by atomic mass is 16.5. The molecule has 4 rings (SSSR count). The third-order valence-electron chi connectivity index (χ3n) is 6.77. The number of carbonyl (C=O) groups is 1. The second-order valence-corrected chi connectivity index (χ2v) is 8.89. The minimum Gasteiger partial charge on any atom is -0.493 e. The molecule has 0 aliphatic carbocycles. The van der Waals surface area contributed by atoms with E-state index in [0.717, 1.165) is 38.0 Å². The number of nitrogens with zero attached hydrogens (tertiary/aromatic N) is 1. The zero-order valence-corrected chi connectivity index (χ0v) is 21.1. The molecule has 7 heteroatoms. The van der Waals surface area contributed by atoms with Crippen LogP contribution in [0.25, 0.3) is 11.0 Å². The van der Waals surface area contributed by atoms with E-state index in [9.17, 15) is 9.59 Å². The van der Waals surface area contributed by atoms with Crippen molar-refractivity contribution < 1.29 is 23.6 Å². The number of hydrogen-bond acceptors (Lipinski definition) is 5. The molecule has 1 atom stereocenters. The molecule has 0 bridgehead atoms. The fourth-order valence-corrected chi connectivity index (χ4v) is 4.83. The number of para-hydroxylation sites is 1. The lowest BCUT2D eigenvalue weighted by molar-refractivity contribution is -0.896. The first kappa shape index (κ1) is 24.8. The van der Waals surface area contributed by atoms with Gasteiger partial charge >= 0.3 is 0 Å². The molecule has 35 heavy (non-hydrogen) atoms. The molecule has 2 aromatic carbocycles. The summed E-state index contributed by atoms with van der Waals surface area (Å²) in [5.41, 5.74) is 1.46. The van der Waals surface area contributed by atoms with Gasteiger partial charge < -0.3 is 23.7 Å². The number of rotatable bonds is 11. The SMILES string of the molecule is CCCOc1ccc([C@@H]2c3c(oc4ccccc4c3=O)C(=O)N2CCC[NH+](CC)CC)cc1OC. The van der Waals surface area contributed by atoms with Crippen LogP contribution in [0.2, 0.25) is 0 Å². The minimum absolute atomic E-state index is 0.138. The molecule has 0 saturated carbocycles. The van der Waals surface area contributed by atoms with E-state index in [1.807, 2.05) is 31.2 Å². The van der Waals surface area contributed by atoms with Crippen LogP contribution in [0.4, 0.5) is 0 Å². The molecule has 1 aliphatic heterocycles. The molecule has 186 valence electrons. The summed E-state index contributed by atoms with van der Waals surface area (Å²) < 4.78 is 17.5. The summed E-state index contributed by atoms with van der Waals surface area (Å²) in [5.74, 6) is 1.12. The zero-order chi connectivity index (χ0) is 24.9. The Hall–Kier alpha value is -3.32. The van der Waals surface area contributed by atoms with Gasteiger partial charge in [-0.3, -0.25) is 9.59 Å². The van der Waals surface area contributed by atoms with Gasteiger partial charge in [-0.1, -0.05) is 25.1 Å². The molecule has 3 aromatic rings. The van der Waals surface area contributed by atoms with E-state index in [1.165, 1.54) is 4.90 Å². The first-order valence-electron chi connectivity index (χ1n) is 12.5. The smallest absolute Gasteiger partial charge is 0.290 e. The van der Waals surface area contributed by atoms with Crippen LogP contribution in [0.15, 0.2) is 51.7 Å². The van der Waals surface area contributed by atoms with Crippen molar-refractivity contribution in [3.05, 3.63) is 69.6 Å². The van der Waals surface area contributed by atoms with Crippen LogP contribution in [-0.2, 0) is 0 Å². The van der Waals surface area contributed by atoms with E-state index >= 15 is 0 Å². The van der Waals surface area contributed by atoms with Crippen LogP contribution in [0.1, 0.15) is 61.3 Å². The fourth-order valence-electron chi connectivity index (χ4n) is 4.83. The average molecular weight is 480 g/mol. The Morgan fingerprint density at radius 2 is 1.80 bits per heavy atom. The van der Waals surface area contributed by atoms with Gasteiger partial charge in [-0.05, 0) is 50.1 Å². The topological polar surface area (TPSA) is 73.4 Å². The minimum atomic E-state index is -0.542. The van der Waals surface area contributed by atoms with Crippen LogP contribution in [-0.4, -0.2) is 50.7 Å². The number of amides is 1. The molecule has 1 aromatic heterocycles. The van der Waals surface area contributed by atoms with Gasteiger partial charge in [0.15, 0.2) is 16.9 Å². The molecule has 2 heterocycles. The predicted molar refractivity (Wildman–Crippen MR) is 136 cm³/mol. The number of methoxy groups -OCH3 is 1. The third kappa shape index (κ3) is 4.78. The Balaban J connectivity index is 1.79. The number of carbonyl (C=O) groups excluding carboxylic acids is 1. The molecular formula is C28H35N2O5+. The standard InChI is InChI=1S/C28H34N2O5/c1-5-17-34-22-14-13-19(18-23(22)33-4)25-24-26(31)20-11-8-9-12-21(20)35-27(24)28(32)30(25)16-10-15-29(6-2)7-3/h8-9,11-14,18,25H,5-7,10,15-17H2,1-4H3/p+1/t25-/m1/s1. The molecule has 1 aliphatic rings. The number of ether oxygens (including phenoxy) is 2. The van der Waals surface area contributed by atoms with Gasteiger partial charge in [0.05, 0.1) is 50.3 Å². The van der Waals surface area contributed by atoms with Crippen molar-refractivity contribution in [2.45, 2.75) is 39.7 Å². The molecule has 1 N–H and O–H groups in total. The van der Waals surface area contributed by atoms with Gasteiger partial charge in [-0.15, -0.1) is 0 Å². The first-order valence-corrected chi connectivity index (χ1v) is 12.5. The van der Waals surface area contributed by atoms with Crippen molar-refractivity contribution in [1.29, 1.82) is 0 Å². The molecule has 0 saturated heterocycles. The maximum absolute atomic E-state index is 13.6. The second-order valence-electron chi connectivity index (χ2n) is 8.89. The highest BCUT2D eigenvalue weighted by Gasteiger charge is 2.42. The maximum atomic E-state index is 13.6. The van der Waals surface area contributed by atoms with E-state index in [1.54, 1.807) is 30.2 Å². The van der Waals surface area contributed by atoms with Crippen LogP contribution in [0.5, 0.6) is 11.5 Å².